The van der Waals surface area contributed by atoms with E-state index in [2.05, 4.69) is 26.2 Å². The van der Waals surface area contributed by atoms with Gasteiger partial charge < -0.3 is 9.73 Å². The second-order valence-corrected chi connectivity index (χ2v) is 8.85. The van der Waals surface area contributed by atoms with Crippen LogP contribution in [0.15, 0.2) is 67.3 Å². The third kappa shape index (κ3) is 4.22. The first-order valence-corrected chi connectivity index (χ1v) is 10.6. The molecular formula is C19H18BrFN2O3S. The average Bonchev–Trinajstić information content (AvgIpc) is 3.07. The number of halogens is 2. The standard InChI is InChI=1S/C19H18BrFN2O3S/c1-3-12(2)22-18-19(27(24,25)16-10-6-14(20)7-11-16)23-17(26-18)13-4-8-15(21)9-5-13/h4-12,22H,3H2,1-2H3. The Bertz CT molecular complexity index is 1030. The highest BCUT2D eigenvalue weighted by Crippen LogP contribution is 2.33. The summed E-state index contributed by atoms with van der Waals surface area (Å²) < 4.78 is 45.9. The number of hydrogen-bond acceptors (Lipinski definition) is 5. The van der Waals surface area contributed by atoms with Crippen LogP contribution in [0.2, 0.25) is 0 Å². The molecule has 0 saturated heterocycles. The van der Waals surface area contributed by atoms with Crippen LogP contribution >= 0.6 is 15.9 Å². The molecule has 2 aromatic carbocycles. The summed E-state index contributed by atoms with van der Waals surface area (Å²) in [4.78, 5) is 4.32. The average molecular weight is 453 g/mol. The molecule has 0 aliphatic carbocycles. The maximum atomic E-state index is 13.2. The van der Waals surface area contributed by atoms with E-state index in [0.29, 0.717) is 5.56 Å². The monoisotopic (exact) mass is 452 g/mol. The Morgan fingerprint density at radius 2 is 1.78 bits per heavy atom. The molecule has 8 heteroatoms. The molecule has 0 aliphatic heterocycles. The summed E-state index contributed by atoms with van der Waals surface area (Å²) in [7, 11) is -3.90. The van der Waals surface area contributed by atoms with Crippen LogP contribution in [-0.4, -0.2) is 19.4 Å². The third-order valence-corrected chi connectivity index (χ3v) is 6.26. The highest BCUT2D eigenvalue weighted by atomic mass is 79.9. The summed E-state index contributed by atoms with van der Waals surface area (Å²) in [6.45, 7) is 3.88. The molecule has 1 unspecified atom stereocenters. The zero-order valence-corrected chi connectivity index (χ0v) is 17.1. The molecule has 1 heterocycles. The largest absolute Gasteiger partial charge is 0.419 e. The van der Waals surface area contributed by atoms with Gasteiger partial charge in [-0.25, -0.2) is 12.8 Å². The number of nitrogens with one attached hydrogen (secondary N) is 1. The van der Waals surface area contributed by atoms with E-state index in [9.17, 15) is 12.8 Å². The topological polar surface area (TPSA) is 72.2 Å². The first-order chi connectivity index (χ1) is 12.8. The lowest BCUT2D eigenvalue weighted by molar-refractivity contribution is 0.565. The number of oxazole rings is 1. The fourth-order valence-corrected chi connectivity index (χ4v) is 3.88. The Hall–Kier alpha value is -2.19. The van der Waals surface area contributed by atoms with Crippen LogP contribution in [0.3, 0.4) is 0 Å². The molecule has 1 aromatic heterocycles. The van der Waals surface area contributed by atoms with Crippen LogP contribution in [0.4, 0.5) is 10.3 Å². The fraction of sp³-hybridized carbons (Fsp3) is 0.211. The van der Waals surface area contributed by atoms with Crippen molar-refractivity contribution in [3.05, 3.63) is 58.8 Å². The summed E-state index contributed by atoms with van der Waals surface area (Å²) in [6, 6.07) is 11.8. The van der Waals surface area contributed by atoms with Crippen molar-refractivity contribution in [3.63, 3.8) is 0 Å². The minimum absolute atomic E-state index is 0.0158. The summed E-state index contributed by atoms with van der Waals surface area (Å²) in [5.41, 5.74) is 0.487. The van der Waals surface area contributed by atoms with Crippen molar-refractivity contribution in [2.75, 3.05) is 5.32 Å². The van der Waals surface area contributed by atoms with E-state index < -0.39 is 15.7 Å². The van der Waals surface area contributed by atoms with E-state index in [1.807, 2.05) is 13.8 Å². The number of aromatic nitrogens is 1. The van der Waals surface area contributed by atoms with Crippen molar-refractivity contribution < 1.29 is 17.2 Å². The van der Waals surface area contributed by atoms with E-state index in [4.69, 9.17) is 4.42 Å². The predicted octanol–water partition coefficient (Wildman–Crippen LogP) is 5.29. The molecule has 5 nitrogen and oxygen atoms in total. The minimum Gasteiger partial charge on any atom is -0.419 e. The van der Waals surface area contributed by atoms with Crippen LogP contribution in [0, 0.1) is 5.82 Å². The van der Waals surface area contributed by atoms with Gasteiger partial charge in [0.1, 0.15) is 5.82 Å². The summed E-state index contributed by atoms with van der Waals surface area (Å²) in [6.07, 6.45) is 0.768. The molecule has 0 spiro atoms. The van der Waals surface area contributed by atoms with Crippen molar-refractivity contribution in [1.29, 1.82) is 0 Å². The Labute approximate surface area is 165 Å². The van der Waals surface area contributed by atoms with E-state index in [0.717, 1.165) is 10.9 Å². The van der Waals surface area contributed by atoms with Gasteiger partial charge in [-0.3, -0.25) is 0 Å². The normalized spacial score (nSPS) is 12.7. The molecule has 142 valence electrons. The molecule has 1 N–H and O–H groups in total. The van der Waals surface area contributed by atoms with Crippen molar-refractivity contribution >= 4 is 31.7 Å². The third-order valence-electron chi connectivity index (χ3n) is 4.06. The predicted molar refractivity (Wildman–Crippen MR) is 105 cm³/mol. The smallest absolute Gasteiger partial charge is 0.234 e. The van der Waals surface area contributed by atoms with Gasteiger partial charge in [0.2, 0.25) is 26.6 Å². The van der Waals surface area contributed by atoms with Gasteiger partial charge in [-0.2, -0.15) is 4.98 Å². The van der Waals surface area contributed by atoms with Gasteiger partial charge in [-0.1, -0.05) is 22.9 Å². The summed E-state index contributed by atoms with van der Waals surface area (Å²) in [5.74, 6) is -0.214. The molecular weight excluding hydrogens is 435 g/mol. The highest BCUT2D eigenvalue weighted by Gasteiger charge is 2.29. The first kappa shape index (κ1) is 19.6. The van der Waals surface area contributed by atoms with E-state index in [1.54, 1.807) is 12.1 Å². The quantitative estimate of drug-likeness (QED) is 0.550. The number of benzene rings is 2. The summed E-state index contributed by atoms with van der Waals surface area (Å²) >= 11 is 3.29. The molecule has 0 amide bonds. The van der Waals surface area contributed by atoms with Gasteiger partial charge in [-0.05, 0) is 61.9 Å². The Kier molecular flexibility index (Phi) is 5.67. The Balaban J connectivity index is 2.11. The van der Waals surface area contributed by atoms with Crippen molar-refractivity contribution in [2.45, 2.75) is 36.2 Å². The number of nitrogens with zero attached hydrogens (tertiary/aromatic N) is 1. The lowest BCUT2D eigenvalue weighted by atomic mass is 10.2. The van der Waals surface area contributed by atoms with E-state index >= 15 is 0 Å². The highest BCUT2D eigenvalue weighted by molar-refractivity contribution is 9.10. The maximum absolute atomic E-state index is 13.2. The number of rotatable bonds is 6. The van der Waals surface area contributed by atoms with Gasteiger partial charge in [0.25, 0.3) is 0 Å². The van der Waals surface area contributed by atoms with Crippen LogP contribution in [-0.2, 0) is 9.84 Å². The molecule has 0 aliphatic rings. The number of sulfone groups is 1. The lowest BCUT2D eigenvalue weighted by Crippen LogP contribution is -2.15. The SMILES string of the molecule is CCC(C)Nc1oc(-c2ccc(F)cc2)nc1S(=O)(=O)c1ccc(Br)cc1. The lowest BCUT2D eigenvalue weighted by Gasteiger charge is -2.11. The van der Waals surface area contributed by atoms with Gasteiger partial charge in [-0.15, -0.1) is 0 Å². The van der Waals surface area contributed by atoms with Crippen LogP contribution in [0.1, 0.15) is 20.3 Å². The fourth-order valence-electron chi connectivity index (χ4n) is 2.35. The molecule has 27 heavy (non-hydrogen) atoms. The molecule has 3 aromatic rings. The molecule has 0 saturated carbocycles. The zero-order chi connectivity index (χ0) is 19.6. The van der Waals surface area contributed by atoms with Gasteiger partial charge in [0.15, 0.2) is 0 Å². The van der Waals surface area contributed by atoms with E-state index in [1.165, 1.54) is 36.4 Å². The maximum Gasteiger partial charge on any atom is 0.234 e. The number of anilines is 1. The van der Waals surface area contributed by atoms with Crippen molar-refractivity contribution in [3.8, 4) is 11.5 Å². The molecule has 0 radical (unpaired) electrons. The first-order valence-electron chi connectivity index (χ1n) is 8.35. The second-order valence-electron chi connectivity index (χ2n) is 6.07. The van der Waals surface area contributed by atoms with Crippen LogP contribution < -0.4 is 5.32 Å². The van der Waals surface area contributed by atoms with Gasteiger partial charge in [0, 0.05) is 16.1 Å². The van der Waals surface area contributed by atoms with Gasteiger partial charge in [0.05, 0.1) is 4.90 Å². The van der Waals surface area contributed by atoms with Crippen molar-refractivity contribution in [1.82, 2.24) is 4.98 Å². The molecule has 0 bridgehead atoms. The molecule has 1 atom stereocenters. The number of hydrogen-bond donors (Lipinski definition) is 1. The minimum atomic E-state index is -3.90. The van der Waals surface area contributed by atoms with Crippen LogP contribution in [0.5, 0.6) is 0 Å². The molecule has 3 rings (SSSR count). The van der Waals surface area contributed by atoms with Crippen LogP contribution in [0.25, 0.3) is 11.5 Å². The second kappa shape index (κ2) is 7.82. The van der Waals surface area contributed by atoms with E-state index in [-0.39, 0.29) is 27.7 Å². The zero-order valence-electron chi connectivity index (χ0n) is 14.7. The Morgan fingerprint density at radius 1 is 1.15 bits per heavy atom. The summed E-state index contributed by atoms with van der Waals surface area (Å²) in [5, 5.41) is 2.87. The van der Waals surface area contributed by atoms with Gasteiger partial charge >= 0.3 is 0 Å². The van der Waals surface area contributed by atoms with Crippen molar-refractivity contribution in [2.24, 2.45) is 0 Å². The molecule has 0 fully saturated rings. The Morgan fingerprint density at radius 3 is 2.37 bits per heavy atom.